The molecule has 0 aliphatic carbocycles. The summed E-state index contributed by atoms with van der Waals surface area (Å²) in [6, 6.07) is 6.93. The van der Waals surface area contributed by atoms with Gasteiger partial charge in [-0.2, -0.15) is 0 Å². The third kappa shape index (κ3) is 3.36. The molecule has 15 heavy (non-hydrogen) atoms. The van der Waals surface area contributed by atoms with Crippen molar-refractivity contribution in [1.29, 1.82) is 0 Å². The number of hydrogen-bond acceptors (Lipinski definition) is 3. The Morgan fingerprint density at radius 1 is 1.40 bits per heavy atom. The van der Waals surface area contributed by atoms with Crippen LogP contribution in [0.3, 0.4) is 0 Å². The highest BCUT2D eigenvalue weighted by Crippen LogP contribution is 2.10. The number of aliphatic hydroxyl groups excluding tert-OH is 1. The normalized spacial score (nSPS) is 10.0. The minimum atomic E-state index is -0.354. The fourth-order valence-corrected chi connectivity index (χ4v) is 1.24. The van der Waals surface area contributed by atoms with Crippen LogP contribution in [0.4, 0.5) is 0 Å². The van der Waals surface area contributed by atoms with Crippen molar-refractivity contribution in [3.05, 3.63) is 35.4 Å². The SMILES string of the molecule is CCCCOC(=O)c1ccccc1CO. The van der Waals surface area contributed by atoms with Gasteiger partial charge in [0.2, 0.25) is 0 Å². The Hall–Kier alpha value is -1.35. The molecule has 0 amide bonds. The van der Waals surface area contributed by atoms with Gasteiger partial charge in [0.25, 0.3) is 0 Å². The van der Waals surface area contributed by atoms with Gasteiger partial charge >= 0.3 is 5.97 Å². The summed E-state index contributed by atoms with van der Waals surface area (Å²) in [5.41, 5.74) is 1.06. The van der Waals surface area contributed by atoms with E-state index in [1.807, 2.05) is 6.92 Å². The van der Waals surface area contributed by atoms with Crippen LogP contribution in [0.5, 0.6) is 0 Å². The molecular formula is C12H16O3. The maximum atomic E-state index is 11.6. The second-order valence-corrected chi connectivity index (χ2v) is 3.30. The molecule has 0 atom stereocenters. The van der Waals surface area contributed by atoms with Crippen molar-refractivity contribution in [1.82, 2.24) is 0 Å². The molecule has 0 aliphatic heterocycles. The number of hydrogen-bond donors (Lipinski definition) is 1. The Kier molecular flexibility index (Phi) is 4.84. The maximum Gasteiger partial charge on any atom is 0.338 e. The molecule has 0 bridgehead atoms. The van der Waals surface area contributed by atoms with E-state index in [1.54, 1.807) is 24.3 Å². The lowest BCUT2D eigenvalue weighted by molar-refractivity contribution is 0.0496. The zero-order chi connectivity index (χ0) is 11.1. The van der Waals surface area contributed by atoms with Crippen molar-refractivity contribution in [3.8, 4) is 0 Å². The lowest BCUT2D eigenvalue weighted by Crippen LogP contribution is -2.09. The lowest BCUT2D eigenvalue weighted by Gasteiger charge is -2.07. The number of benzene rings is 1. The molecule has 0 unspecified atom stereocenters. The van der Waals surface area contributed by atoms with Gasteiger partial charge in [0.1, 0.15) is 0 Å². The first kappa shape index (κ1) is 11.7. The minimum Gasteiger partial charge on any atom is -0.462 e. The van der Waals surface area contributed by atoms with Crippen LogP contribution < -0.4 is 0 Å². The Labute approximate surface area is 89.7 Å². The quantitative estimate of drug-likeness (QED) is 0.595. The molecular weight excluding hydrogens is 192 g/mol. The summed E-state index contributed by atoms with van der Waals surface area (Å²) < 4.78 is 5.06. The molecule has 1 rings (SSSR count). The van der Waals surface area contributed by atoms with E-state index in [0.29, 0.717) is 17.7 Å². The molecule has 1 aromatic carbocycles. The fraction of sp³-hybridized carbons (Fsp3) is 0.417. The molecule has 0 heterocycles. The summed E-state index contributed by atoms with van der Waals surface area (Å²) in [5, 5.41) is 9.03. The van der Waals surface area contributed by atoms with E-state index in [4.69, 9.17) is 9.84 Å². The van der Waals surface area contributed by atoms with Crippen molar-refractivity contribution in [2.75, 3.05) is 6.61 Å². The van der Waals surface area contributed by atoms with Gasteiger partial charge in [0.15, 0.2) is 0 Å². The van der Waals surface area contributed by atoms with Gasteiger partial charge in [-0.05, 0) is 18.1 Å². The topological polar surface area (TPSA) is 46.5 Å². The number of esters is 1. The molecule has 3 heteroatoms. The van der Waals surface area contributed by atoms with Crippen LogP contribution in [0.1, 0.15) is 35.7 Å². The van der Waals surface area contributed by atoms with Crippen molar-refractivity contribution in [2.24, 2.45) is 0 Å². The minimum absolute atomic E-state index is 0.140. The van der Waals surface area contributed by atoms with Gasteiger partial charge in [-0.1, -0.05) is 31.5 Å². The third-order valence-corrected chi connectivity index (χ3v) is 2.14. The smallest absolute Gasteiger partial charge is 0.338 e. The first-order valence-corrected chi connectivity index (χ1v) is 5.15. The number of carbonyl (C=O) groups excluding carboxylic acids is 1. The van der Waals surface area contributed by atoms with Crippen LogP contribution in [0.2, 0.25) is 0 Å². The molecule has 0 saturated carbocycles. The van der Waals surface area contributed by atoms with Crippen molar-refractivity contribution in [2.45, 2.75) is 26.4 Å². The Balaban J connectivity index is 2.64. The number of aliphatic hydroxyl groups is 1. The highest BCUT2D eigenvalue weighted by atomic mass is 16.5. The average Bonchev–Trinajstić information content (AvgIpc) is 2.29. The molecule has 3 nitrogen and oxygen atoms in total. The summed E-state index contributed by atoms with van der Waals surface area (Å²) in [6.45, 7) is 2.34. The van der Waals surface area contributed by atoms with E-state index in [9.17, 15) is 4.79 Å². The van der Waals surface area contributed by atoms with Gasteiger partial charge in [-0.3, -0.25) is 0 Å². The zero-order valence-electron chi connectivity index (χ0n) is 8.90. The van der Waals surface area contributed by atoms with Crippen LogP contribution >= 0.6 is 0 Å². The molecule has 82 valence electrons. The number of unbranched alkanes of at least 4 members (excludes halogenated alkanes) is 1. The van der Waals surface area contributed by atoms with E-state index in [2.05, 4.69) is 0 Å². The van der Waals surface area contributed by atoms with Crippen LogP contribution in [0.15, 0.2) is 24.3 Å². The lowest BCUT2D eigenvalue weighted by atomic mass is 10.1. The predicted octanol–water partition coefficient (Wildman–Crippen LogP) is 2.14. The number of ether oxygens (including phenoxy) is 1. The first-order valence-electron chi connectivity index (χ1n) is 5.15. The van der Waals surface area contributed by atoms with Crippen molar-refractivity contribution < 1.29 is 14.6 Å². The van der Waals surface area contributed by atoms with E-state index >= 15 is 0 Å². The van der Waals surface area contributed by atoms with E-state index < -0.39 is 0 Å². The van der Waals surface area contributed by atoms with Crippen LogP contribution in [-0.2, 0) is 11.3 Å². The Morgan fingerprint density at radius 3 is 2.80 bits per heavy atom. The van der Waals surface area contributed by atoms with Crippen LogP contribution in [0, 0.1) is 0 Å². The summed E-state index contributed by atoms with van der Waals surface area (Å²) in [5.74, 6) is -0.354. The Morgan fingerprint density at radius 2 is 2.13 bits per heavy atom. The predicted molar refractivity (Wildman–Crippen MR) is 57.6 cm³/mol. The maximum absolute atomic E-state index is 11.6. The Bertz CT molecular complexity index is 320. The van der Waals surface area contributed by atoms with Gasteiger partial charge in [-0.15, -0.1) is 0 Å². The monoisotopic (exact) mass is 208 g/mol. The van der Waals surface area contributed by atoms with E-state index in [-0.39, 0.29) is 12.6 Å². The van der Waals surface area contributed by atoms with E-state index in [1.165, 1.54) is 0 Å². The third-order valence-electron chi connectivity index (χ3n) is 2.14. The first-order chi connectivity index (χ1) is 7.29. The van der Waals surface area contributed by atoms with Gasteiger partial charge in [-0.25, -0.2) is 4.79 Å². The molecule has 1 N–H and O–H groups in total. The van der Waals surface area contributed by atoms with Gasteiger partial charge in [0.05, 0.1) is 18.8 Å². The molecule has 0 fully saturated rings. The number of carbonyl (C=O) groups is 1. The van der Waals surface area contributed by atoms with Crippen LogP contribution in [0.25, 0.3) is 0 Å². The standard InChI is InChI=1S/C12H16O3/c1-2-3-8-15-12(14)11-7-5-4-6-10(11)9-13/h4-7,13H,2-3,8-9H2,1H3. The average molecular weight is 208 g/mol. The van der Waals surface area contributed by atoms with E-state index in [0.717, 1.165) is 12.8 Å². The van der Waals surface area contributed by atoms with Crippen LogP contribution in [-0.4, -0.2) is 17.7 Å². The largest absolute Gasteiger partial charge is 0.462 e. The highest BCUT2D eigenvalue weighted by molar-refractivity contribution is 5.91. The molecule has 0 radical (unpaired) electrons. The molecule has 0 aliphatic rings. The second kappa shape index (κ2) is 6.19. The van der Waals surface area contributed by atoms with Crippen molar-refractivity contribution >= 4 is 5.97 Å². The second-order valence-electron chi connectivity index (χ2n) is 3.30. The summed E-state index contributed by atoms with van der Waals surface area (Å²) in [4.78, 5) is 11.6. The van der Waals surface area contributed by atoms with Gasteiger partial charge in [0, 0.05) is 0 Å². The molecule has 0 spiro atoms. The summed E-state index contributed by atoms with van der Waals surface area (Å²) >= 11 is 0. The number of rotatable bonds is 5. The molecule has 0 saturated heterocycles. The molecule has 0 aromatic heterocycles. The summed E-state index contributed by atoms with van der Waals surface area (Å²) in [6.07, 6.45) is 1.86. The zero-order valence-corrected chi connectivity index (χ0v) is 8.90. The fourth-order valence-electron chi connectivity index (χ4n) is 1.24. The highest BCUT2D eigenvalue weighted by Gasteiger charge is 2.10. The molecule has 1 aromatic rings. The summed E-state index contributed by atoms with van der Waals surface area (Å²) in [7, 11) is 0. The van der Waals surface area contributed by atoms with Gasteiger partial charge < -0.3 is 9.84 Å². The van der Waals surface area contributed by atoms with Crippen molar-refractivity contribution in [3.63, 3.8) is 0 Å².